The van der Waals surface area contributed by atoms with Crippen molar-refractivity contribution in [2.75, 3.05) is 5.32 Å². The first-order chi connectivity index (χ1) is 12.4. The van der Waals surface area contributed by atoms with Crippen LogP contribution in [-0.2, 0) is 0 Å². The van der Waals surface area contributed by atoms with Gasteiger partial charge in [-0.25, -0.2) is 0 Å². The Morgan fingerprint density at radius 3 is 2.08 bits per heavy atom. The molecular weight excluding hydrogens is 388 g/mol. The molecule has 4 aromatic rings. The van der Waals surface area contributed by atoms with Gasteiger partial charge in [0.1, 0.15) is 0 Å². The summed E-state index contributed by atoms with van der Waals surface area (Å²) in [7, 11) is 0. The number of nitrogens with zero attached hydrogens (tertiary/aromatic N) is 3. The second kappa shape index (κ2) is 8.36. The third-order valence-corrected chi connectivity index (χ3v) is 3.83. The predicted molar refractivity (Wildman–Crippen MR) is 99.9 cm³/mol. The summed E-state index contributed by atoms with van der Waals surface area (Å²) in [6, 6.07) is 27.9. The molecule has 0 bridgehead atoms. The van der Waals surface area contributed by atoms with Gasteiger partial charge < -0.3 is 22.3 Å². The summed E-state index contributed by atoms with van der Waals surface area (Å²) in [5, 5.41) is 11.9. The van der Waals surface area contributed by atoms with Gasteiger partial charge in [0.05, 0.1) is 17.1 Å². The molecule has 0 atom stereocenters. The maximum Gasteiger partial charge on any atom is 0.212 e. The van der Waals surface area contributed by atoms with Crippen LogP contribution in [0.15, 0.2) is 108 Å². The van der Waals surface area contributed by atoms with Crippen LogP contribution in [0.5, 0.6) is 0 Å². The normalized spacial score (nSPS) is 10.6. The van der Waals surface area contributed by atoms with Gasteiger partial charge in [-0.3, -0.25) is 0 Å². The van der Waals surface area contributed by atoms with E-state index in [1.165, 1.54) is 0 Å². The number of pyridine rings is 2. The molecule has 0 amide bonds. The monoisotopic (exact) mass is 404 g/mol. The summed E-state index contributed by atoms with van der Waals surface area (Å²) in [6.07, 6.45) is 4.08. The Morgan fingerprint density at radius 1 is 0.615 bits per heavy atom. The fourth-order valence-corrected chi connectivity index (χ4v) is 2.56. The van der Waals surface area contributed by atoms with Crippen molar-refractivity contribution in [3.8, 4) is 0 Å². The highest BCUT2D eigenvalue weighted by atomic mass is 79.9. The number of halogens is 1. The third kappa shape index (κ3) is 4.32. The molecule has 0 saturated heterocycles. The molecule has 0 unspecified atom stereocenters. The van der Waals surface area contributed by atoms with E-state index in [4.69, 9.17) is 0 Å². The van der Waals surface area contributed by atoms with E-state index in [2.05, 4.69) is 38.1 Å². The zero-order chi connectivity index (χ0) is 16.9. The fraction of sp³-hybridized carbons (Fsp3) is 0. The van der Waals surface area contributed by atoms with Crippen molar-refractivity contribution < 1.29 is 21.4 Å². The number of hydrogen-bond donors (Lipinski definition) is 1. The Bertz CT molecular complexity index is 1010. The minimum atomic E-state index is 0. The van der Waals surface area contributed by atoms with Crippen LogP contribution in [0, 0.1) is 0 Å². The Hall–Kier alpha value is -3.05. The van der Waals surface area contributed by atoms with Crippen molar-refractivity contribution in [1.82, 2.24) is 0 Å². The van der Waals surface area contributed by atoms with E-state index in [-0.39, 0.29) is 17.0 Å². The molecule has 4 rings (SSSR count). The molecule has 0 fully saturated rings. The molecular formula is C21H17BrN4. The number of hydrogen-bond acceptors (Lipinski definition) is 3. The van der Waals surface area contributed by atoms with Crippen LogP contribution in [0.3, 0.4) is 0 Å². The summed E-state index contributed by atoms with van der Waals surface area (Å²) in [5.74, 6) is 0. The van der Waals surface area contributed by atoms with Crippen LogP contribution in [0.25, 0.3) is 5.52 Å². The first-order valence-corrected chi connectivity index (χ1v) is 8.11. The van der Waals surface area contributed by atoms with E-state index in [1.54, 1.807) is 0 Å². The zero-order valence-electron chi connectivity index (χ0n) is 14.0. The molecule has 2 aromatic carbocycles. The van der Waals surface area contributed by atoms with E-state index < -0.39 is 0 Å². The van der Waals surface area contributed by atoms with Crippen LogP contribution in [0.2, 0.25) is 0 Å². The minimum absolute atomic E-state index is 0. The first-order valence-electron chi connectivity index (χ1n) is 8.11. The SMILES string of the molecule is [Br-].c1ccc(N=Nc2ccc(Nc3cc[n+]4ccccc4c3)cc2)cc1. The van der Waals surface area contributed by atoms with Gasteiger partial charge in [-0.05, 0) is 42.5 Å². The van der Waals surface area contributed by atoms with Gasteiger partial charge in [0.15, 0.2) is 12.4 Å². The summed E-state index contributed by atoms with van der Waals surface area (Å²) in [5.41, 5.74) is 4.87. The van der Waals surface area contributed by atoms with E-state index in [0.717, 1.165) is 28.3 Å². The van der Waals surface area contributed by atoms with Crippen LogP contribution in [0.4, 0.5) is 22.7 Å². The van der Waals surface area contributed by atoms with Crippen molar-refractivity contribution in [2.45, 2.75) is 0 Å². The Morgan fingerprint density at radius 2 is 1.31 bits per heavy atom. The molecule has 0 aliphatic carbocycles. The summed E-state index contributed by atoms with van der Waals surface area (Å²) in [6.45, 7) is 0. The highest BCUT2D eigenvalue weighted by Crippen LogP contribution is 2.22. The topological polar surface area (TPSA) is 40.9 Å². The average molecular weight is 405 g/mol. The Balaban J connectivity index is 0.00000196. The van der Waals surface area contributed by atoms with E-state index >= 15 is 0 Å². The van der Waals surface area contributed by atoms with Gasteiger partial charge in [0, 0.05) is 30.0 Å². The number of anilines is 2. The number of fused-ring (bicyclic) bond motifs is 1. The number of rotatable bonds is 4. The molecule has 0 spiro atoms. The summed E-state index contributed by atoms with van der Waals surface area (Å²) >= 11 is 0. The molecule has 0 saturated carbocycles. The predicted octanol–water partition coefficient (Wildman–Crippen LogP) is 2.59. The lowest BCUT2D eigenvalue weighted by Gasteiger charge is -2.05. The summed E-state index contributed by atoms with van der Waals surface area (Å²) in [4.78, 5) is 0. The Kier molecular flexibility index (Phi) is 5.71. The molecule has 128 valence electrons. The van der Waals surface area contributed by atoms with Crippen LogP contribution >= 0.6 is 0 Å². The molecule has 0 radical (unpaired) electrons. The molecule has 0 aliphatic rings. The van der Waals surface area contributed by atoms with Crippen molar-refractivity contribution in [3.63, 3.8) is 0 Å². The van der Waals surface area contributed by atoms with Gasteiger partial charge >= 0.3 is 0 Å². The lowest BCUT2D eigenvalue weighted by Crippen LogP contribution is -3.00. The maximum atomic E-state index is 4.26. The maximum absolute atomic E-state index is 4.26. The van der Waals surface area contributed by atoms with E-state index in [1.807, 2.05) is 79.1 Å². The molecule has 5 heteroatoms. The van der Waals surface area contributed by atoms with Crippen molar-refractivity contribution in [1.29, 1.82) is 0 Å². The zero-order valence-corrected chi connectivity index (χ0v) is 15.5. The van der Waals surface area contributed by atoms with Crippen molar-refractivity contribution in [3.05, 3.63) is 97.3 Å². The molecule has 2 aromatic heterocycles. The van der Waals surface area contributed by atoms with Gasteiger partial charge in [0.25, 0.3) is 0 Å². The highest BCUT2D eigenvalue weighted by Gasteiger charge is 2.02. The Labute approximate surface area is 162 Å². The van der Waals surface area contributed by atoms with E-state index in [0.29, 0.717) is 0 Å². The van der Waals surface area contributed by atoms with Crippen LogP contribution in [0.1, 0.15) is 0 Å². The number of benzene rings is 2. The molecule has 0 aliphatic heterocycles. The minimum Gasteiger partial charge on any atom is -1.00 e. The van der Waals surface area contributed by atoms with Gasteiger partial charge in [-0.2, -0.15) is 14.6 Å². The standard InChI is InChI=1S/C21H16N4.BrH/c1-2-6-18(7-3-1)23-24-19-11-9-17(10-12-19)22-20-13-15-25-14-5-4-8-21(25)16-20;/h1-16H;1H. The smallest absolute Gasteiger partial charge is 0.212 e. The molecule has 4 nitrogen and oxygen atoms in total. The molecule has 1 N–H and O–H groups in total. The third-order valence-electron chi connectivity index (χ3n) is 3.83. The second-order valence-corrected chi connectivity index (χ2v) is 5.66. The van der Waals surface area contributed by atoms with Crippen LogP contribution < -0.4 is 26.7 Å². The van der Waals surface area contributed by atoms with Crippen molar-refractivity contribution in [2.24, 2.45) is 10.2 Å². The van der Waals surface area contributed by atoms with Crippen molar-refractivity contribution >= 4 is 28.3 Å². The molecule has 26 heavy (non-hydrogen) atoms. The van der Waals surface area contributed by atoms with E-state index in [9.17, 15) is 0 Å². The second-order valence-electron chi connectivity index (χ2n) is 5.66. The fourth-order valence-electron chi connectivity index (χ4n) is 2.56. The first kappa shape index (κ1) is 17.8. The quantitative estimate of drug-likeness (QED) is 0.412. The molecule has 2 heterocycles. The van der Waals surface area contributed by atoms with Gasteiger partial charge in [0.2, 0.25) is 5.52 Å². The highest BCUT2D eigenvalue weighted by molar-refractivity contribution is 5.64. The summed E-state index contributed by atoms with van der Waals surface area (Å²) < 4.78 is 2.08. The average Bonchev–Trinajstić information content (AvgIpc) is 2.68. The van der Waals surface area contributed by atoms with Crippen LogP contribution in [-0.4, -0.2) is 0 Å². The number of nitrogens with one attached hydrogen (secondary N) is 1. The lowest BCUT2D eigenvalue weighted by molar-refractivity contribution is -0.511. The van der Waals surface area contributed by atoms with Gasteiger partial charge in [-0.15, -0.1) is 0 Å². The number of aromatic nitrogens is 1. The lowest BCUT2D eigenvalue weighted by atomic mass is 10.2. The largest absolute Gasteiger partial charge is 1.00 e. The number of azo groups is 1. The van der Waals surface area contributed by atoms with Gasteiger partial charge in [-0.1, -0.05) is 18.2 Å².